The maximum atomic E-state index is 13.0. The molecule has 0 saturated carbocycles. The molecule has 0 aliphatic rings. The second kappa shape index (κ2) is 4.32. The number of benzene rings is 1. The minimum Gasteiger partial charge on any atom is -0.324 e. The number of nitrogens with two attached hydrogens (primary N) is 1. The Hall–Kier alpha value is -1.24. The first kappa shape index (κ1) is 12.8. The Morgan fingerprint density at radius 2 is 1.69 bits per heavy atom. The molecule has 0 heterocycles. The third-order valence-electron chi connectivity index (χ3n) is 1.87. The third kappa shape index (κ3) is 3.13. The van der Waals surface area contributed by atoms with Crippen LogP contribution in [0.1, 0.15) is 18.0 Å². The van der Waals surface area contributed by atoms with Crippen molar-refractivity contribution in [3.63, 3.8) is 0 Å². The molecule has 0 radical (unpaired) electrons. The van der Waals surface area contributed by atoms with Gasteiger partial charge in [0.15, 0.2) is 11.6 Å². The van der Waals surface area contributed by atoms with E-state index in [1.165, 1.54) is 0 Å². The maximum Gasteiger partial charge on any atom is 0.390 e. The van der Waals surface area contributed by atoms with Crippen LogP contribution in [0.15, 0.2) is 12.1 Å². The topological polar surface area (TPSA) is 26.0 Å². The largest absolute Gasteiger partial charge is 0.390 e. The van der Waals surface area contributed by atoms with Crippen molar-refractivity contribution < 1.29 is 26.3 Å². The zero-order chi connectivity index (χ0) is 12.5. The van der Waals surface area contributed by atoms with E-state index < -0.39 is 41.7 Å². The van der Waals surface area contributed by atoms with Gasteiger partial charge in [0.1, 0.15) is 5.82 Å². The molecule has 0 unspecified atom stereocenters. The number of halogens is 6. The number of hydrogen-bond acceptors (Lipinski definition) is 1. The summed E-state index contributed by atoms with van der Waals surface area (Å²) in [4.78, 5) is 0. The lowest BCUT2D eigenvalue weighted by molar-refractivity contribution is -0.138. The predicted molar refractivity (Wildman–Crippen MR) is 43.9 cm³/mol. The van der Waals surface area contributed by atoms with Crippen molar-refractivity contribution in [1.29, 1.82) is 0 Å². The second-order valence-corrected chi connectivity index (χ2v) is 3.22. The van der Waals surface area contributed by atoms with Crippen LogP contribution in [0.3, 0.4) is 0 Å². The minimum absolute atomic E-state index is 0.235. The third-order valence-corrected chi connectivity index (χ3v) is 1.87. The lowest BCUT2D eigenvalue weighted by Crippen LogP contribution is -2.21. The van der Waals surface area contributed by atoms with Gasteiger partial charge in [0, 0.05) is 17.7 Å². The molecule has 0 spiro atoms. The maximum absolute atomic E-state index is 13.0. The van der Waals surface area contributed by atoms with Crippen LogP contribution < -0.4 is 5.73 Å². The highest BCUT2D eigenvalue weighted by Gasteiger charge is 2.32. The number of rotatable bonds is 2. The molecule has 90 valence electrons. The molecule has 0 amide bonds. The van der Waals surface area contributed by atoms with E-state index in [0.29, 0.717) is 6.07 Å². The SMILES string of the molecule is N[C@@H](CC(F)(F)F)c1cc(F)cc(F)c1F. The summed E-state index contributed by atoms with van der Waals surface area (Å²) in [7, 11) is 0. The van der Waals surface area contributed by atoms with E-state index in [1.807, 2.05) is 0 Å². The Kier molecular flexibility index (Phi) is 3.47. The Morgan fingerprint density at radius 3 is 2.19 bits per heavy atom. The first-order valence-corrected chi connectivity index (χ1v) is 4.17. The van der Waals surface area contributed by atoms with E-state index in [0.717, 1.165) is 0 Å². The molecule has 1 atom stereocenters. The lowest BCUT2D eigenvalue weighted by Gasteiger charge is -2.15. The summed E-state index contributed by atoms with van der Waals surface area (Å²) in [5.74, 6) is -4.29. The van der Waals surface area contributed by atoms with Crippen molar-refractivity contribution >= 4 is 0 Å². The normalized spacial score (nSPS) is 13.9. The van der Waals surface area contributed by atoms with Crippen LogP contribution in [0.2, 0.25) is 0 Å². The van der Waals surface area contributed by atoms with E-state index >= 15 is 0 Å². The first-order chi connectivity index (χ1) is 7.20. The molecular formula is C9H7F6N. The van der Waals surface area contributed by atoms with Crippen molar-refractivity contribution in [2.45, 2.75) is 18.6 Å². The standard InChI is InChI=1S/C9H7F6N/c10-4-1-5(8(12)6(11)2-4)7(16)3-9(13,14)15/h1-2,7H,3,16H2/t7-/m0/s1. The zero-order valence-electron chi connectivity index (χ0n) is 7.78. The molecule has 0 bridgehead atoms. The van der Waals surface area contributed by atoms with Crippen LogP contribution in [0.25, 0.3) is 0 Å². The molecule has 16 heavy (non-hydrogen) atoms. The number of hydrogen-bond donors (Lipinski definition) is 1. The summed E-state index contributed by atoms with van der Waals surface area (Å²) in [6.07, 6.45) is -6.18. The van der Waals surface area contributed by atoms with Gasteiger partial charge >= 0.3 is 6.18 Å². The molecule has 0 aliphatic heterocycles. The van der Waals surface area contributed by atoms with Crippen LogP contribution in [-0.2, 0) is 0 Å². The molecule has 1 nitrogen and oxygen atoms in total. The van der Waals surface area contributed by atoms with Gasteiger partial charge in [-0.3, -0.25) is 0 Å². The minimum atomic E-state index is -4.63. The van der Waals surface area contributed by atoms with Gasteiger partial charge in [-0.15, -0.1) is 0 Å². The number of alkyl halides is 3. The molecule has 0 aliphatic carbocycles. The average Bonchev–Trinajstić information content (AvgIpc) is 2.08. The van der Waals surface area contributed by atoms with Crippen molar-refractivity contribution in [3.8, 4) is 0 Å². The van der Waals surface area contributed by atoms with Crippen LogP contribution in [0.5, 0.6) is 0 Å². The lowest BCUT2D eigenvalue weighted by atomic mass is 10.0. The summed E-state index contributed by atoms with van der Waals surface area (Å²) in [5, 5.41) is 0. The Labute approximate surface area is 86.9 Å². The Bertz CT molecular complexity index is 386. The van der Waals surface area contributed by atoms with Crippen molar-refractivity contribution in [2.75, 3.05) is 0 Å². The quantitative estimate of drug-likeness (QED) is 0.627. The average molecular weight is 243 g/mol. The molecule has 1 aromatic carbocycles. The highest BCUT2D eigenvalue weighted by molar-refractivity contribution is 5.23. The van der Waals surface area contributed by atoms with Gasteiger partial charge in [0.05, 0.1) is 6.42 Å². The molecule has 2 N–H and O–H groups in total. The Morgan fingerprint density at radius 1 is 1.12 bits per heavy atom. The molecule has 0 aromatic heterocycles. The molecule has 1 rings (SSSR count). The monoisotopic (exact) mass is 243 g/mol. The van der Waals surface area contributed by atoms with Crippen molar-refractivity contribution in [2.24, 2.45) is 5.73 Å². The fraction of sp³-hybridized carbons (Fsp3) is 0.333. The zero-order valence-corrected chi connectivity index (χ0v) is 7.78. The van der Waals surface area contributed by atoms with Gasteiger partial charge in [-0.2, -0.15) is 13.2 Å². The highest BCUT2D eigenvalue weighted by atomic mass is 19.4. The summed E-state index contributed by atoms with van der Waals surface area (Å²) in [5.41, 5.74) is 4.20. The second-order valence-electron chi connectivity index (χ2n) is 3.22. The van der Waals surface area contributed by atoms with E-state index in [4.69, 9.17) is 5.73 Å². The van der Waals surface area contributed by atoms with Crippen LogP contribution in [0, 0.1) is 17.5 Å². The first-order valence-electron chi connectivity index (χ1n) is 4.17. The fourth-order valence-corrected chi connectivity index (χ4v) is 1.21. The summed E-state index contributed by atoms with van der Waals surface area (Å²) in [6.45, 7) is 0. The predicted octanol–water partition coefficient (Wildman–Crippen LogP) is 3.06. The smallest absolute Gasteiger partial charge is 0.324 e. The van der Waals surface area contributed by atoms with E-state index in [1.54, 1.807) is 0 Å². The van der Waals surface area contributed by atoms with Crippen molar-refractivity contribution in [1.82, 2.24) is 0 Å². The summed E-state index contributed by atoms with van der Waals surface area (Å²) in [6, 6.07) is -1.14. The fourth-order valence-electron chi connectivity index (χ4n) is 1.21. The van der Waals surface area contributed by atoms with Crippen molar-refractivity contribution in [3.05, 3.63) is 35.1 Å². The highest BCUT2D eigenvalue weighted by Crippen LogP contribution is 2.30. The van der Waals surface area contributed by atoms with E-state index in [2.05, 4.69) is 0 Å². The van der Waals surface area contributed by atoms with E-state index in [-0.39, 0.29) is 6.07 Å². The van der Waals surface area contributed by atoms with Gasteiger partial charge in [0.25, 0.3) is 0 Å². The van der Waals surface area contributed by atoms with Gasteiger partial charge in [-0.05, 0) is 6.07 Å². The van der Waals surface area contributed by atoms with Gasteiger partial charge in [-0.1, -0.05) is 0 Å². The van der Waals surface area contributed by atoms with Gasteiger partial charge in [0.2, 0.25) is 0 Å². The molecule has 0 fully saturated rings. The van der Waals surface area contributed by atoms with E-state index in [9.17, 15) is 26.3 Å². The van der Waals surface area contributed by atoms with Gasteiger partial charge < -0.3 is 5.73 Å². The molecular weight excluding hydrogens is 236 g/mol. The van der Waals surface area contributed by atoms with Crippen LogP contribution >= 0.6 is 0 Å². The summed E-state index contributed by atoms with van der Waals surface area (Å²) < 4.78 is 74.2. The molecule has 7 heteroatoms. The molecule has 0 saturated heterocycles. The molecule has 1 aromatic rings. The van der Waals surface area contributed by atoms with Crippen LogP contribution in [-0.4, -0.2) is 6.18 Å². The Balaban J connectivity index is 3.04. The summed E-state index contributed by atoms with van der Waals surface area (Å²) >= 11 is 0. The van der Waals surface area contributed by atoms with Gasteiger partial charge in [-0.25, -0.2) is 13.2 Å². The van der Waals surface area contributed by atoms with Crippen LogP contribution in [0.4, 0.5) is 26.3 Å².